The molecule has 112 heavy (non-hydrogen) atoms. The lowest BCUT2D eigenvalue weighted by molar-refractivity contribution is 0.0931. The molecular weight excluding hydrogens is 1390 g/mol. The Bertz CT molecular complexity index is 6660. The summed E-state index contributed by atoms with van der Waals surface area (Å²) in [6, 6.07) is 62.0. The summed E-state index contributed by atoms with van der Waals surface area (Å²) in [4.78, 5) is 72.6. The lowest BCUT2D eigenvalue weighted by atomic mass is 9.96. The molecule has 544 valence electrons. The van der Waals surface area contributed by atoms with Crippen molar-refractivity contribution >= 4 is 67.4 Å². The van der Waals surface area contributed by atoms with E-state index in [1.54, 1.807) is 94.4 Å². The third-order valence-corrected chi connectivity index (χ3v) is 19.3. The van der Waals surface area contributed by atoms with Crippen molar-refractivity contribution in [1.82, 2.24) is 89.5 Å². The predicted octanol–water partition coefficient (Wildman–Crippen LogP) is 15.4. The first-order valence-electron chi connectivity index (χ1n) is 36.2. The molecule has 0 saturated heterocycles. The summed E-state index contributed by atoms with van der Waals surface area (Å²) in [6.07, 6.45) is 21.3. The van der Waals surface area contributed by atoms with Crippen LogP contribution in [0.4, 0.5) is 0 Å². The van der Waals surface area contributed by atoms with Gasteiger partial charge in [0.25, 0.3) is 17.7 Å². The van der Waals surface area contributed by atoms with Crippen LogP contribution in [0.25, 0.3) is 83.3 Å². The molecule has 11 aromatic heterocycles. The Kier molecular flexibility index (Phi) is 20.5. The van der Waals surface area contributed by atoms with Crippen LogP contribution in [0.3, 0.4) is 0 Å². The first kappa shape index (κ1) is 72.4. The van der Waals surface area contributed by atoms with E-state index in [0.29, 0.717) is 50.7 Å². The van der Waals surface area contributed by atoms with Crippen LogP contribution in [0.5, 0.6) is 0 Å². The van der Waals surface area contributed by atoms with Crippen molar-refractivity contribution in [3.8, 4) is 69.7 Å². The van der Waals surface area contributed by atoms with Crippen LogP contribution in [0.1, 0.15) is 137 Å². The molecule has 0 aliphatic carbocycles. The van der Waals surface area contributed by atoms with Gasteiger partial charge in [0.05, 0.1) is 97.4 Å². The third kappa shape index (κ3) is 14.9. The topological polar surface area (TPSA) is 247 Å². The highest BCUT2D eigenvalue weighted by Crippen LogP contribution is 2.36. The Balaban J connectivity index is 0.000000134. The molecule has 0 saturated carbocycles. The Morgan fingerprint density at radius 2 is 0.866 bits per heavy atom. The first-order chi connectivity index (χ1) is 54.5. The van der Waals surface area contributed by atoms with E-state index in [1.807, 2.05) is 211 Å². The van der Waals surface area contributed by atoms with Crippen LogP contribution < -0.4 is 16.0 Å². The number of aryl methyl sites for hydroxylation is 4. The molecule has 17 aromatic rings. The van der Waals surface area contributed by atoms with Crippen LogP contribution in [0, 0.1) is 63.7 Å². The smallest absolute Gasteiger partial charge is 0.257 e. The van der Waals surface area contributed by atoms with E-state index in [-0.39, 0.29) is 35.8 Å². The molecule has 0 bridgehead atoms. The minimum absolute atomic E-state index is 0.232. The van der Waals surface area contributed by atoms with Gasteiger partial charge in [-0.3, -0.25) is 24.0 Å². The molecule has 0 spiro atoms. The van der Waals surface area contributed by atoms with E-state index < -0.39 is 0 Å². The Hall–Kier alpha value is -15.1. The fraction of sp³-hybridized carbons (Fsp3) is 0.121. The number of fused-ring (bicyclic) bond motifs is 6. The summed E-state index contributed by atoms with van der Waals surface area (Å²) in [5.74, 6) is 15.1. The monoisotopic (exact) mass is 1460 g/mol. The Labute approximate surface area is 645 Å². The Morgan fingerprint density at radius 1 is 0.438 bits per heavy atom. The summed E-state index contributed by atoms with van der Waals surface area (Å²) in [5, 5.41) is 29.8. The van der Waals surface area contributed by atoms with Crippen LogP contribution in [0.2, 0.25) is 0 Å². The number of amides is 3. The molecule has 0 aliphatic rings. The highest BCUT2D eigenvalue weighted by Gasteiger charge is 2.27. The number of hydrogen-bond acceptors (Lipinski definition) is 14. The van der Waals surface area contributed by atoms with E-state index in [2.05, 4.69) is 104 Å². The molecule has 21 heteroatoms. The van der Waals surface area contributed by atoms with Gasteiger partial charge in [0, 0.05) is 112 Å². The summed E-state index contributed by atoms with van der Waals surface area (Å²) in [6.45, 7) is 13.3. The van der Waals surface area contributed by atoms with Gasteiger partial charge in [0.2, 0.25) is 0 Å². The van der Waals surface area contributed by atoms with Gasteiger partial charge in [0.15, 0.2) is 16.9 Å². The molecular formula is C91H72N18O3. The van der Waals surface area contributed by atoms with Crippen molar-refractivity contribution in [2.45, 2.75) is 66.6 Å². The molecule has 3 atom stereocenters. The molecule has 3 amide bonds. The molecule has 0 fully saturated rings. The largest absolute Gasteiger partial charge is 0.345 e. The van der Waals surface area contributed by atoms with Gasteiger partial charge in [-0.1, -0.05) is 151 Å². The number of pyridine rings is 4. The van der Waals surface area contributed by atoms with Gasteiger partial charge in [-0.2, -0.15) is 20.4 Å². The van der Waals surface area contributed by atoms with Gasteiger partial charge in [-0.05, 0) is 127 Å². The fourth-order valence-corrected chi connectivity index (χ4v) is 13.6. The lowest BCUT2D eigenvalue weighted by Gasteiger charge is -2.19. The molecule has 3 N–H and O–H groups in total. The van der Waals surface area contributed by atoms with E-state index in [1.165, 1.54) is 0 Å². The molecule has 3 unspecified atom stereocenters. The normalized spacial score (nSPS) is 11.8. The van der Waals surface area contributed by atoms with Crippen LogP contribution in [-0.4, -0.2) is 91.2 Å². The van der Waals surface area contributed by atoms with Crippen LogP contribution >= 0.6 is 0 Å². The molecule has 17 rings (SSSR count). The van der Waals surface area contributed by atoms with Gasteiger partial charge >= 0.3 is 0 Å². The minimum Gasteiger partial charge on any atom is -0.345 e. The van der Waals surface area contributed by atoms with Crippen molar-refractivity contribution in [2.75, 3.05) is 0 Å². The van der Waals surface area contributed by atoms with Crippen molar-refractivity contribution in [2.24, 2.45) is 7.05 Å². The number of benzene rings is 6. The van der Waals surface area contributed by atoms with E-state index in [9.17, 15) is 14.4 Å². The minimum atomic E-state index is -0.371. The maximum atomic E-state index is 13.5. The summed E-state index contributed by atoms with van der Waals surface area (Å²) >= 11 is 0. The zero-order valence-corrected chi connectivity index (χ0v) is 62.4. The average Bonchev–Trinajstić information content (AvgIpc) is 1.39. The summed E-state index contributed by atoms with van der Waals surface area (Å²) in [7, 11) is 1.90. The molecule has 21 nitrogen and oxygen atoms in total. The van der Waals surface area contributed by atoms with Crippen molar-refractivity contribution in [3.05, 3.63) is 334 Å². The van der Waals surface area contributed by atoms with Crippen LogP contribution in [0.15, 0.2) is 250 Å². The number of rotatable bonds is 12. The molecule has 0 radical (unpaired) electrons. The number of carbonyl (C=O) groups excluding carboxylic acids is 3. The number of aromatic nitrogens is 15. The zero-order chi connectivity index (χ0) is 77.5. The number of nitrogens with one attached hydrogen (secondary N) is 3. The van der Waals surface area contributed by atoms with E-state index in [0.717, 1.165) is 117 Å². The SMILES string of the molecule is C#Cc1cccc2nc(C(C)NC(=O)c3c(C)nn4cccnc34)c(-c3ccccc3)cc12.Cc1nn2cccnc2c1C(=O)NC(C)c1cc2cccc(C#Cc3ccncc3)c2nc1-c1ccccc1.Cc1nn2cccnc2c1C(=O)NC(C)c1cc2cccc(C#Cc3cnn(C)c3C)c2nc1-c1ccccc1. The van der Waals surface area contributed by atoms with Crippen LogP contribution in [-0.2, 0) is 7.05 Å². The van der Waals surface area contributed by atoms with Crippen molar-refractivity contribution < 1.29 is 14.4 Å². The maximum Gasteiger partial charge on any atom is 0.257 e. The number of carbonyl (C=O) groups is 3. The lowest BCUT2D eigenvalue weighted by Crippen LogP contribution is -2.28. The van der Waals surface area contributed by atoms with E-state index in [4.69, 9.17) is 21.4 Å². The standard InChI is InChI=1S/C32H27N7O.C32H24N6O.C27H21N5O/c1-20(35-32(40)28-21(2)37-39-17-9-16-33-31(28)39)27-18-25-13-8-12-24(14-15-26-19-34-38(4)22(26)3)29(25)36-30(27)23-10-6-5-7-11-23;1-21(35-32(39)28-22(2)37-38-19-7-16-34-31(28)38)27-20-26-11-6-10-25(13-12-23-14-17-33-18-15-23)29(26)36-30(27)24-8-4-3-5-9-24;1-4-19-12-8-13-23-21(19)16-22(20-10-6-5-7-11-20)25(30-23)18(3)29-27(33)24-17(2)31-32-15-9-14-28-26(24)32/h5-13,16-20H,1-4H3,(H,35,40);3-11,14-21H,1-2H3,(H,35,39);1,5-16,18H,2-3H3,(H,29,33). The fourth-order valence-electron chi connectivity index (χ4n) is 13.6. The van der Waals surface area contributed by atoms with Crippen molar-refractivity contribution in [1.29, 1.82) is 0 Å². The Morgan fingerprint density at radius 3 is 1.32 bits per heavy atom. The van der Waals surface area contributed by atoms with Gasteiger partial charge in [0.1, 0.15) is 16.7 Å². The van der Waals surface area contributed by atoms with E-state index >= 15 is 0 Å². The second-order valence-corrected chi connectivity index (χ2v) is 26.8. The third-order valence-electron chi connectivity index (χ3n) is 19.3. The summed E-state index contributed by atoms with van der Waals surface area (Å²) < 4.78 is 6.67. The summed E-state index contributed by atoms with van der Waals surface area (Å²) in [5.41, 5.74) is 20.4. The number of terminal acetylenes is 1. The van der Waals surface area contributed by atoms with Crippen molar-refractivity contribution in [3.63, 3.8) is 0 Å². The molecule has 11 heterocycles. The number of nitrogens with zero attached hydrogens (tertiary/aromatic N) is 15. The zero-order valence-electron chi connectivity index (χ0n) is 62.4. The maximum absolute atomic E-state index is 13.5. The predicted molar refractivity (Wildman–Crippen MR) is 434 cm³/mol. The number of para-hydroxylation sites is 2. The second-order valence-electron chi connectivity index (χ2n) is 26.8. The second kappa shape index (κ2) is 31.7. The first-order valence-corrected chi connectivity index (χ1v) is 36.2. The van der Waals surface area contributed by atoms with Gasteiger partial charge < -0.3 is 16.0 Å². The average molecular weight is 1470 g/mol. The molecule has 6 aromatic carbocycles. The van der Waals surface area contributed by atoms with Gasteiger partial charge in [-0.25, -0.2) is 43.5 Å². The molecule has 0 aliphatic heterocycles. The highest BCUT2D eigenvalue weighted by molar-refractivity contribution is 6.03. The highest BCUT2D eigenvalue weighted by atomic mass is 16.2. The van der Waals surface area contributed by atoms with Gasteiger partial charge in [-0.15, -0.1) is 6.42 Å². The number of hydrogen-bond donors (Lipinski definition) is 3. The quantitative estimate of drug-likeness (QED) is 0.0963.